The summed E-state index contributed by atoms with van der Waals surface area (Å²) in [5, 5.41) is 23.3. The second-order valence-corrected chi connectivity index (χ2v) is 8.68. The number of H-pyrrole nitrogens is 1. The van der Waals surface area contributed by atoms with Crippen molar-refractivity contribution in [3.05, 3.63) is 94.2 Å². The number of carbonyl (C=O) groups excluding carboxylic acids is 2. The van der Waals surface area contributed by atoms with Crippen molar-refractivity contribution in [3.63, 3.8) is 0 Å². The molecule has 35 heavy (non-hydrogen) atoms. The van der Waals surface area contributed by atoms with Gasteiger partial charge < -0.3 is 5.32 Å². The minimum atomic E-state index is -0.519. The molecule has 9 nitrogen and oxygen atoms in total. The molecule has 3 aromatic carbocycles. The van der Waals surface area contributed by atoms with Crippen LogP contribution < -0.4 is 10.2 Å². The van der Waals surface area contributed by atoms with Crippen molar-refractivity contribution in [1.82, 2.24) is 15.5 Å². The quantitative estimate of drug-likeness (QED) is 0.309. The topological polar surface area (TPSA) is 121 Å². The third kappa shape index (κ3) is 4.35. The Morgan fingerprint density at radius 1 is 1.06 bits per heavy atom. The predicted molar refractivity (Wildman–Crippen MR) is 132 cm³/mol. The van der Waals surface area contributed by atoms with Crippen LogP contribution in [-0.2, 0) is 4.79 Å². The van der Waals surface area contributed by atoms with E-state index in [0.717, 1.165) is 22.2 Å². The molecule has 1 fully saturated rings. The number of anilines is 2. The molecule has 5 rings (SSSR count). The fourth-order valence-electron chi connectivity index (χ4n) is 4.53. The van der Waals surface area contributed by atoms with Crippen LogP contribution in [0.2, 0.25) is 0 Å². The number of non-ortho nitro benzene ring substituents is 1. The van der Waals surface area contributed by atoms with Gasteiger partial charge in [-0.05, 0) is 30.4 Å². The van der Waals surface area contributed by atoms with E-state index in [9.17, 15) is 19.7 Å². The molecule has 9 heteroatoms. The van der Waals surface area contributed by atoms with E-state index in [1.807, 2.05) is 48.5 Å². The first-order valence-electron chi connectivity index (χ1n) is 11.3. The molecule has 0 spiro atoms. The van der Waals surface area contributed by atoms with Crippen LogP contribution in [0.15, 0.2) is 72.8 Å². The van der Waals surface area contributed by atoms with Crippen LogP contribution in [-0.4, -0.2) is 33.0 Å². The summed E-state index contributed by atoms with van der Waals surface area (Å²) < 4.78 is 0. The van der Waals surface area contributed by atoms with Gasteiger partial charge >= 0.3 is 0 Å². The van der Waals surface area contributed by atoms with Gasteiger partial charge in [-0.15, -0.1) is 0 Å². The summed E-state index contributed by atoms with van der Waals surface area (Å²) in [6.45, 7) is 1.51. The molecule has 176 valence electrons. The highest BCUT2D eigenvalue weighted by Gasteiger charge is 2.33. The number of rotatable bonds is 6. The van der Waals surface area contributed by atoms with Crippen LogP contribution in [0.25, 0.3) is 10.8 Å². The summed E-state index contributed by atoms with van der Waals surface area (Å²) in [7, 11) is 0. The Balaban J connectivity index is 1.28. The van der Waals surface area contributed by atoms with Gasteiger partial charge in [-0.1, -0.05) is 42.5 Å². The summed E-state index contributed by atoms with van der Waals surface area (Å²) in [4.78, 5) is 37.1. The molecule has 0 atom stereocenters. The fourth-order valence-corrected chi connectivity index (χ4v) is 4.53. The van der Waals surface area contributed by atoms with Crippen molar-refractivity contribution < 1.29 is 14.5 Å². The summed E-state index contributed by atoms with van der Waals surface area (Å²) >= 11 is 0. The summed E-state index contributed by atoms with van der Waals surface area (Å²) in [6.07, 6.45) is 1.41. The van der Waals surface area contributed by atoms with E-state index in [4.69, 9.17) is 0 Å². The van der Waals surface area contributed by atoms with Crippen molar-refractivity contribution in [2.75, 3.05) is 4.90 Å². The number of aromatic amines is 1. The van der Waals surface area contributed by atoms with E-state index in [-0.39, 0.29) is 35.0 Å². The maximum absolute atomic E-state index is 12.6. The van der Waals surface area contributed by atoms with Gasteiger partial charge in [0.1, 0.15) is 0 Å². The Morgan fingerprint density at radius 3 is 2.57 bits per heavy atom. The van der Waals surface area contributed by atoms with Crippen LogP contribution >= 0.6 is 0 Å². The number of nitro groups is 1. The van der Waals surface area contributed by atoms with Gasteiger partial charge in [-0.2, -0.15) is 5.10 Å². The number of benzene rings is 3. The van der Waals surface area contributed by atoms with Gasteiger partial charge in [-0.25, -0.2) is 0 Å². The molecular formula is C26H23N5O4. The molecule has 1 aromatic heterocycles. The number of fused-ring (bicyclic) bond motifs is 1. The summed E-state index contributed by atoms with van der Waals surface area (Å²) in [5.74, 6) is 0.206. The highest BCUT2D eigenvalue weighted by atomic mass is 16.6. The largest absolute Gasteiger partial charge is 0.349 e. The molecule has 0 aliphatic heterocycles. The lowest BCUT2D eigenvalue weighted by Crippen LogP contribution is -2.43. The third-order valence-electron chi connectivity index (χ3n) is 6.37. The molecule has 1 heterocycles. The molecule has 0 unspecified atom stereocenters. The van der Waals surface area contributed by atoms with E-state index in [1.165, 1.54) is 25.1 Å². The second-order valence-electron chi connectivity index (χ2n) is 8.68. The fraction of sp³-hybridized carbons (Fsp3) is 0.192. The number of nitro benzene ring substituents is 1. The standard InChI is InChI=1S/C26H23N5O4/c1-16(32)30(24-11-5-7-17-6-2-3-10-22(17)24)25-15-23(28-29-25)19-12-20(13-19)27-26(33)18-8-4-9-21(14-18)31(34)35/h2-11,14-15,19-20H,12-13H2,1H3,(H,27,33)(H,28,29). The number of nitrogens with zero attached hydrogens (tertiary/aromatic N) is 3. The molecule has 1 aliphatic carbocycles. The van der Waals surface area contributed by atoms with Crippen LogP contribution in [0.3, 0.4) is 0 Å². The van der Waals surface area contributed by atoms with Crippen molar-refractivity contribution in [2.24, 2.45) is 0 Å². The zero-order valence-electron chi connectivity index (χ0n) is 19.0. The lowest BCUT2D eigenvalue weighted by atomic mass is 9.78. The molecule has 1 aliphatic rings. The second kappa shape index (κ2) is 9.02. The average Bonchev–Trinajstić information content (AvgIpc) is 3.30. The molecular weight excluding hydrogens is 446 g/mol. The Morgan fingerprint density at radius 2 is 1.80 bits per heavy atom. The Hall–Kier alpha value is -4.53. The van der Waals surface area contributed by atoms with Crippen molar-refractivity contribution in [2.45, 2.75) is 31.7 Å². The van der Waals surface area contributed by atoms with Crippen molar-refractivity contribution in [1.29, 1.82) is 0 Å². The van der Waals surface area contributed by atoms with Gasteiger partial charge in [0.25, 0.3) is 11.6 Å². The normalized spacial score (nSPS) is 16.9. The molecule has 2 N–H and O–H groups in total. The predicted octanol–water partition coefficient (Wildman–Crippen LogP) is 4.83. The zero-order chi connectivity index (χ0) is 24.5. The molecule has 0 bridgehead atoms. The smallest absolute Gasteiger partial charge is 0.270 e. The molecule has 1 saturated carbocycles. The Labute approximate surface area is 200 Å². The first-order valence-corrected chi connectivity index (χ1v) is 11.3. The SMILES string of the molecule is CC(=O)N(c1cc(C2CC(NC(=O)c3cccc([N+](=O)[O-])c3)C2)[nH]n1)c1cccc2ccccc12. The number of carbonyl (C=O) groups is 2. The number of aromatic nitrogens is 2. The van der Waals surface area contributed by atoms with Gasteiger partial charge in [-0.3, -0.25) is 29.7 Å². The van der Waals surface area contributed by atoms with Crippen molar-refractivity contribution in [3.8, 4) is 0 Å². The van der Waals surface area contributed by atoms with Gasteiger partial charge in [0, 0.05) is 53.7 Å². The van der Waals surface area contributed by atoms with Crippen molar-refractivity contribution >= 4 is 39.8 Å². The molecule has 0 saturated heterocycles. The summed E-state index contributed by atoms with van der Waals surface area (Å²) in [5.41, 5.74) is 1.81. The number of hydrogen-bond donors (Lipinski definition) is 2. The minimum Gasteiger partial charge on any atom is -0.349 e. The third-order valence-corrected chi connectivity index (χ3v) is 6.37. The van der Waals surface area contributed by atoms with E-state index in [2.05, 4.69) is 15.5 Å². The van der Waals surface area contributed by atoms with E-state index in [0.29, 0.717) is 18.7 Å². The van der Waals surface area contributed by atoms with Gasteiger partial charge in [0.15, 0.2) is 5.82 Å². The Bertz CT molecular complexity index is 1440. The van der Waals surface area contributed by atoms with Gasteiger partial charge in [0.05, 0.1) is 10.6 Å². The van der Waals surface area contributed by atoms with E-state index in [1.54, 1.807) is 11.0 Å². The molecule has 0 radical (unpaired) electrons. The van der Waals surface area contributed by atoms with E-state index < -0.39 is 4.92 Å². The first-order chi connectivity index (χ1) is 16.9. The number of hydrogen-bond acceptors (Lipinski definition) is 5. The first kappa shape index (κ1) is 22.3. The highest BCUT2D eigenvalue weighted by molar-refractivity contribution is 6.07. The molecule has 4 aromatic rings. The van der Waals surface area contributed by atoms with Gasteiger partial charge in [0.2, 0.25) is 5.91 Å². The van der Waals surface area contributed by atoms with Crippen LogP contribution in [0.4, 0.5) is 17.2 Å². The maximum atomic E-state index is 12.6. The lowest BCUT2D eigenvalue weighted by molar-refractivity contribution is -0.384. The van der Waals surface area contributed by atoms with Crippen LogP contribution in [0, 0.1) is 10.1 Å². The van der Waals surface area contributed by atoms with E-state index >= 15 is 0 Å². The average molecular weight is 470 g/mol. The van der Waals surface area contributed by atoms with Crippen LogP contribution in [0.5, 0.6) is 0 Å². The number of nitrogens with one attached hydrogen (secondary N) is 2. The number of amides is 2. The minimum absolute atomic E-state index is 0.0412. The highest BCUT2D eigenvalue weighted by Crippen LogP contribution is 2.39. The summed E-state index contributed by atoms with van der Waals surface area (Å²) in [6, 6.07) is 21.2. The molecule has 2 amide bonds. The maximum Gasteiger partial charge on any atom is 0.270 e. The Kier molecular flexibility index (Phi) is 5.74. The zero-order valence-corrected chi connectivity index (χ0v) is 19.0. The lowest BCUT2D eigenvalue weighted by Gasteiger charge is -2.35. The monoisotopic (exact) mass is 469 g/mol. The van der Waals surface area contributed by atoms with Crippen LogP contribution in [0.1, 0.15) is 41.7 Å².